The summed E-state index contributed by atoms with van der Waals surface area (Å²) in [6, 6.07) is 10.5. The molecule has 8 heteroatoms. The minimum absolute atomic E-state index is 0.131. The van der Waals surface area contributed by atoms with E-state index >= 15 is 0 Å². The molecule has 1 amide bonds. The van der Waals surface area contributed by atoms with Gasteiger partial charge in [0.15, 0.2) is 0 Å². The number of nitrogens with zero attached hydrogens (tertiary/aromatic N) is 1. The van der Waals surface area contributed by atoms with E-state index in [1.54, 1.807) is 41.9 Å². The summed E-state index contributed by atoms with van der Waals surface area (Å²) >= 11 is 6.16. The normalized spacial score (nSPS) is 12.0. The molecule has 3 aromatic rings. The lowest BCUT2D eigenvalue weighted by atomic mass is 10.1. The fraction of sp³-hybridized carbons (Fsp3) is 0.200. The molecular weight excluding hydrogens is 384 g/mol. The summed E-state index contributed by atoms with van der Waals surface area (Å²) in [4.78, 5) is 23.8. The highest BCUT2D eigenvalue weighted by Gasteiger charge is 2.20. The molecule has 28 heavy (non-hydrogen) atoms. The van der Waals surface area contributed by atoms with Gasteiger partial charge in [-0.15, -0.1) is 0 Å². The highest BCUT2D eigenvalue weighted by molar-refractivity contribution is 6.32. The minimum Gasteiger partial charge on any atom is -0.495 e. The summed E-state index contributed by atoms with van der Waals surface area (Å²) < 4.78 is 6.94. The van der Waals surface area contributed by atoms with Crippen LogP contribution in [0.1, 0.15) is 32.5 Å². The SMILES string of the molecule is COc1cc2c(cc1Cl)cc(C(=O)NC(CO)c1ccc(C(=O)O)cc1)n2C. The Balaban J connectivity index is 1.88. The lowest BCUT2D eigenvalue weighted by Crippen LogP contribution is -2.32. The molecule has 0 spiro atoms. The van der Waals surface area contributed by atoms with Gasteiger partial charge in [-0.1, -0.05) is 23.7 Å². The third-order valence-corrected chi connectivity index (χ3v) is 4.89. The van der Waals surface area contributed by atoms with Gasteiger partial charge in [0.1, 0.15) is 11.4 Å². The number of aliphatic hydroxyl groups excluding tert-OH is 1. The van der Waals surface area contributed by atoms with Gasteiger partial charge in [0, 0.05) is 18.5 Å². The molecule has 0 aliphatic heterocycles. The number of rotatable bonds is 6. The zero-order valence-electron chi connectivity index (χ0n) is 15.3. The quantitative estimate of drug-likeness (QED) is 0.588. The van der Waals surface area contributed by atoms with Gasteiger partial charge in [-0.3, -0.25) is 4.79 Å². The Bertz CT molecular complexity index is 1040. The van der Waals surface area contributed by atoms with Gasteiger partial charge < -0.3 is 24.8 Å². The van der Waals surface area contributed by atoms with Gasteiger partial charge >= 0.3 is 5.97 Å². The van der Waals surface area contributed by atoms with Crippen LogP contribution in [-0.2, 0) is 7.05 Å². The first-order valence-corrected chi connectivity index (χ1v) is 8.81. The van der Waals surface area contributed by atoms with E-state index in [2.05, 4.69) is 5.32 Å². The van der Waals surface area contributed by atoms with Crippen LogP contribution in [0.15, 0.2) is 42.5 Å². The number of aromatic nitrogens is 1. The smallest absolute Gasteiger partial charge is 0.335 e. The molecule has 0 aliphatic carbocycles. The second kappa shape index (κ2) is 7.92. The van der Waals surface area contributed by atoms with E-state index in [0.717, 1.165) is 10.9 Å². The van der Waals surface area contributed by atoms with Crippen molar-refractivity contribution in [1.29, 1.82) is 0 Å². The minimum atomic E-state index is -1.04. The summed E-state index contributed by atoms with van der Waals surface area (Å²) in [7, 11) is 3.27. The van der Waals surface area contributed by atoms with Gasteiger partial charge in [0.25, 0.3) is 5.91 Å². The van der Waals surface area contributed by atoms with Gasteiger partial charge in [-0.05, 0) is 29.8 Å². The number of aryl methyl sites for hydroxylation is 1. The van der Waals surface area contributed by atoms with Crippen LogP contribution in [0.3, 0.4) is 0 Å². The third-order valence-electron chi connectivity index (χ3n) is 4.60. The van der Waals surface area contributed by atoms with Gasteiger partial charge in [-0.25, -0.2) is 4.79 Å². The van der Waals surface area contributed by atoms with E-state index in [4.69, 9.17) is 21.4 Å². The fourth-order valence-corrected chi connectivity index (χ4v) is 3.29. The first-order chi connectivity index (χ1) is 13.3. The maximum atomic E-state index is 12.8. The van der Waals surface area contributed by atoms with Crippen molar-refractivity contribution < 1.29 is 24.5 Å². The number of hydrogen-bond donors (Lipinski definition) is 3. The number of benzene rings is 2. The van der Waals surface area contributed by atoms with Crippen LogP contribution >= 0.6 is 11.6 Å². The number of fused-ring (bicyclic) bond motifs is 1. The van der Waals surface area contributed by atoms with Crippen LogP contribution < -0.4 is 10.1 Å². The van der Waals surface area contributed by atoms with Crippen LogP contribution in [0.2, 0.25) is 5.02 Å². The van der Waals surface area contributed by atoms with Crippen LogP contribution in [0, 0.1) is 0 Å². The Morgan fingerprint density at radius 3 is 2.46 bits per heavy atom. The first-order valence-electron chi connectivity index (χ1n) is 8.43. The number of aromatic carboxylic acids is 1. The number of amides is 1. The molecule has 1 atom stereocenters. The van der Waals surface area contributed by atoms with E-state index in [9.17, 15) is 14.7 Å². The molecule has 0 radical (unpaired) electrons. The number of carbonyl (C=O) groups excluding carboxylic acids is 1. The number of aliphatic hydroxyl groups is 1. The van der Waals surface area contributed by atoms with Crippen LogP contribution in [-0.4, -0.2) is 40.4 Å². The maximum absolute atomic E-state index is 12.8. The molecule has 1 unspecified atom stereocenters. The number of hydrogen-bond acceptors (Lipinski definition) is 4. The Morgan fingerprint density at radius 1 is 1.21 bits per heavy atom. The van der Waals surface area contributed by atoms with Crippen LogP contribution in [0.4, 0.5) is 0 Å². The number of nitrogens with one attached hydrogen (secondary N) is 1. The van der Waals surface area contributed by atoms with Crippen molar-refractivity contribution in [2.75, 3.05) is 13.7 Å². The average molecular weight is 403 g/mol. The zero-order valence-corrected chi connectivity index (χ0v) is 16.0. The first kappa shape index (κ1) is 19.7. The van der Waals surface area contributed by atoms with Gasteiger partial charge in [0.2, 0.25) is 0 Å². The van der Waals surface area contributed by atoms with Crippen molar-refractivity contribution in [3.8, 4) is 5.75 Å². The van der Waals surface area contributed by atoms with E-state index in [1.807, 2.05) is 0 Å². The summed E-state index contributed by atoms with van der Waals surface area (Å²) in [5.41, 5.74) is 1.90. The van der Waals surface area contributed by atoms with Crippen molar-refractivity contribution in [3.05, 3.63) is 64.3 Å². The topological polar surface area (TPSA) is 101 Å². The predicted octanol–water partition coefficient (Wildman–Crippen LogP) is 3.00. The second-order valence-corrected chi connectivity index (χ2v) is 6.68. The molecule has 7 nitrogen and oxygen atoms in total. The highest BCUT2D eigenvalue weighted by atomic mass is 35.5. The number of halogens is 1. The Labute approximate surface area is 166 Å². The molecule has 0 saturated carbocycles. The molecule has 1 aromatic heterocycles. The van der Waals surface area contributed by atoms with Crippen molar-refractivity contribution in [1.82, 2.24) is 9.88 Å². The molecule has 0 aliphatic rings. The summed E-state index contributed by atoms with van der Waals surface area (Å²) in [5, 5.41) is 22.7. The average Bonchev–Trinajstić information content (AvgIpc) is 3.00. The summed E-state index contributed by atoms with van der Waals surface area (Å²) in [6.07, 6.45) is 0. The zero-order chi connectivity index (χ0) is 20.4. The lowest BCUT2D eigenvalue weighted by Gasteiger charge is -2.17. The summed E-state index contributed by atoms with van der Waals surface area (Å²) in [5.74, 6) is -0.912. The van der Waals surface area contributed by atoms with Crippen LogP contribution in [0.5, 0.6) is 5.75 Å². The second-order valence-electron chi connectivity index (χ2n) is 6.27. The summed E-state index contributed by atoms with van der Waals surface area (Å²) in [6.45, 7) is -0.332. The van der Waals surface area contributed by atoms with Crippen molar-refractivity contribution in [2.24, 2.45) is 7.05 Å². The van der Waals surface area contributed by atoms with E-state index in [1.165, 1.54) is 19.2 Å². The number of carboxylic acid groups (broad SMARTS) is 1. The van der Waals surface area contributed by atoms with Crippen molar-refractivity contribution >= 4 is 34.4 Å². The largest absolute Gasteiger partial charge is 0.495 e. The molecule has 146 valence electrons. The third kappa shape index (κ3) is 3.67. The van der Waals surface area contributed by atoms with Crippen molar-refractivity contribution in [3.63, 3.8) is 0 Å². The predicted molar refractivity (Wildman–Crippen MR) is 105 cm³/mol. The fourth-order valence-electron chi connectivity index (χ4n) is 3.04. The number of ether oxygens (including phenoxy) is 1. The number of methoxy groups -OCH3 is 1. The monoisotopic (exact) mass is 402 g/mol. The maximum Gasteiger partial charge on any atom is 0.335 e. The molecular formula is C20H19ClN2O5. The van der Waals surface area contributed by atoms with Gasteiger partial charge in [0.05, 0.1) is 35.9 Å². The lowest BCUT2D eigenvalue weighted by molar-refractivity contribution is 0.0696. The van der Waals surface area contributed by atoms with Crippen LogP contribution in [0.25, 0.3) is 10.9 Å². The molecule has 0 bridgehead atoms. The Hall–Kier alpha value is -3.03. The van der Waals surface area contributed by atoms with Gasteiger partial charge in [-0.2, -0.15) is 0 Å². The Kier molecular flexibility index (Phi) is 5.58. The molecule has 3 N–H and O–H groups in total. The van der Waals surface area contributed by atoms with E-state index < -0.39 is 12.0 Å². The molecule has 2 aromatic carbocycles. The van der Waals surface area contributed by atoms with E-state index in [0.29, 0.717) is 22.0 Å². The highest BCUT2D eigenvalue weighted by Crippen LogP contribution is 2.31. The number of carbonyl (C=O) groups is 2. The molecule has 0 fully saturated rings. The molecule has 0 saturated heterocycles. The molecule has 1 heterocycles. The van der Waals surface area contributed by atoms with E-state index in [-0.39, 0.29) is 18.1 Å². The number of carboxylic acids is 1. The Morgan fingerprint density at radius 2 is 1.89 bits per heavy atom. The standard InChI is InChI=1S/C20H19ClN2O5/c1-23-16-9-18(28-2)14(21)7-13(16)8-17(23)19(25)22-15(10-24)11-3-5-12(6-4-11)20(26)27/h3-9,15,24H,10H2,1-2H3,(H,22,25)(H,26,27). The molecule has 3 rings (SSSR count). The van der Waals surface area contributed by atoms with Crippen molar-refractivity contribution in [2.45, 2.75) is 6.04 Å².